The van der Waals surface area contributed by atoms with E-state index in [1.165, 1.54) is 12.5 Å². The molecule has 0 fully saturated rings. The highest BCUT2D eigenvalue weighted by atomic mass is 16.4. The number of hydrogen-bond donors (Lipinski definition) is 7. The summed E-state index contributed by atoms with van der Waals surface area (Å²) in [5, 5.41) is 17.2. The van der Waals surface area contributed by atoms with Gasteiger partial charge in [-0.3, -0.25) is 19.2 Å². The molecule has 0 radical (unpaired) electrons. The number of H-pyrrole nitrogens is 1. The molecule has 0 aliphatic rings. The molecular formula is C26H37N7O6. The second kappa shape index (κ2) is 15.2. The molecule has 1 heterocycles. The lowest BCUT2D eigenvalue weighted by Gasteiger charge is -2.25. The second-order valence-electron chi connectivity index (χ2n) is 9.73. The lowest BCUT2D eigenvalue weighted by Crippen LogP contribution is -2.58. The first kappa shape index (κ1) is 31.0. The van der Waals surface area contributed by atoms with Crippen molar-refractivity contribution in [2.24, 2.45) is 17.4 Å². The Hall–Kier alpha value is -4.26. The van der Waals surface area contributed by atoms with Crippen molar-refractivity contribution in [2.75, 3.05) is 0 Å². The number of hydrogen-bond acceptors (Lipinski definition) is 7. The Kier molecular flexibility index (Phi) is 12.1. The number of carboxylic acids is 1. The van der Waals surface area contributed by atoms with Gasteiger partial charge in [0.25, 0.3) is 0 Å². The molecule has 212 valence electrons. The van der Waals surface area contributed by atoms with E-state index in [-0.39, 0.29) is 31.6 Å². The highest BCUT2D eigenvalue weighted by molar-refractivity contribution is 5.94. The van der Waals surface area contributed by atoms with Gasteiger partial charge in [-0.2, -0.15) is 0 Å². The van der Waals surface area contributed by atoms with E-state index in [2.05, 4.69) is 25.9 Å². The van der Waals surface area contributed by atoms with Crippen LogP contribution in [-0.2, 0) is 36.8 Å². The number of aromatic amines is 1. The molecule has 13 nitrogen and oxygen atoms in total. The number of imidazole rings is 1. The van der Waals surface area contributed by atoms with Crippen LogP contribution in [0.4, 0.5) is 0 Å². The fourth-order valence-electron chi connectivity index (χ4n) is 3.87. The minimum Gasteiger partial charge on any atom is -0.480 e. The molecule has 1 aromatic carbocycles. The first-order valence-corrected chi connectivity index (χ1v) is 12.6. The van der Waals surface area contributed by atoms with Gasteiger partial charge >= 0.3 is 5.97 Å². The maximum absolute atomic E-state index is 13.4. The highest BCUT2D eigenvalue weighted by Gasteiger charge is 2.31. The van der Waals surface area contributed by atoms with Gasteiger partial charge < -0.3 is 37.5 Å². The first-order valence-electron chi connectivity index (χ1n) is 12.6. The van der Waals surface area contributed by atoms with E-state index in [1.807, 2.05) is 19.9 Å². The number of carbonyl (C=O) groups excluding carboxylic acids is 4. The monoisotopic (exact) mass is 543 g/mol. The van der Waals surface area contributed by atoms with E-state index in [4.69, 9.17) is 11.5 Å². The molecule has 0 aliphatic carbocycles. The van der Waals surface area contributed by atoms with Gasteiger partial charge in [-0.15, -0.1) is 0 Å². The van der Waals surface area contributed by atoms with Gasteiger partial charge in [0, 0.05) is 31.2 Å². The van der Waals surface area contributed by atoms with Crippen LogP contribution in [0.2, 0.25) is 0 Å². The smallest absolute Gasteiger partial charge is 0.326 e. The zero-order valence-corrected chi connectivity index (χ0v) is 22.1. The highest BCUT2D eigenvalue weighted by Crippen LogP contribution is 2.08. The van der Waals surface area contributed by atoms with E-state index < -0.39 is 53.8 Å². The van der Waals surface area contributed by atoms with Crippen LogP contribution in [0.15, 0.2) is 42.9 Å². The van der Waals surface area contributed by atoms with Crippen molar-refractivity contribution in [2.45, 2.75) is 70.1 Å². The van der Waals surface area contributed by atoms with Crippen molar-refractivity contribution in [3.63, 3.8) is 0 Å². The Labute approximate surface area is 226 Å². The molecule has 13 heteroatoms. The number of primary amides is 1. The third-order valence-electron chi connectivity index (χ3n) is 5.88. The van der Waals surface area contributed by atoms with Crippen LogP contribution in [0.3, 0.4) is 0 Å². The first-order chi connectivity index (χ1) is 18.5. The maximum atomic E-state index is 13.4. The third-order valence-corrected chi connectivity index (χ3v) is 5.88. The molecule has 39 heavy (non-hydrogen) atoms. The second-order valence-corrected chi connectivity index (χ2v) is 9.73. The van der Waals surface area contributed by atoms with Crippen LogP contribution in [0.5, 0.6) is 0 Å². The SMILES string of the molecule is CC(C)CC(N)C(=O)NC(Cc1ccccc1)C(=O)NC(CCC(N)=O)C(=O)NC(Cc1cnc[nH]1)C(=O)O. The molecule has 0 aliphatic heterocycles. The molecule has 0 saturated heterocycles. The van der Waals surface area contributed by atoms with Gasteiger partial charge in [-0.1, -0.05) is 44.2 Å². The molecule has 2 rings (SSSR count). The summed E-state index contributed by atoms with van der Waals surface area (Å²) in [6, 6.07) is 4.37. The maximum Gasteiger partial charge on any atom is 0.326 e. The molecular weight excluding hydrogens is 506 g/mol. The van der Waals surface area contributed by atoms with E-state index in [1.54, 1.807) is 24.3 Å². The summed E-state index contributed by atoms with van der Waals surface area (Å²) in [4.78, 5) is 69.0. The zero-order chi connectivity index (χ0) is 28.9. The number of aliphatic carboxylic acids is 1. The molecule has 4 atom stereocenters. The van der Waals surface area contributed by atoms with Crippen LogP contribution >= 0.6 is 0 Å². The lowest BCUT2D eigenvalue weighted by atomic mass is 10.0. The summed E-state index contributed by atoms with van der Waals surface area (Å²) in [5.74, 6) is -3.90. The fourth-order valence-corrected chi connectivity index (χ4v) is 3.87. The summed E-state index contributed by atoms with van der Waals surface area (Å²) in [5.41, 5.74) is 12.5. The van der Waals surface area contributed by atoms with Crippen LogP contribution in [-0.4, -0.2) is 68.8 Å². The van der Waals surface area contributed by atoms with Gasteiger partial charge in [0.05, 0.1) is 12.4 Å². The van der Waals surface area contributed by atoms with E-state index >= 15 is 0 Å². The van der Waals surface area contributed by atoms with Crippen molar-refractivity contribution < 1.29 is 29.1 Å². The molecule has 0 saturated carbocycles. The molecule has 9 N–H and O–H groups in total. The summed E-state index contributed by atoms with van der Waals surface area (Å²) < 4.78 is 0. The molecule has 4 unspecified atom stereocenters. The van der Waals surface area contributed by atoms with Crippen molar-refractivity contribution in [1.29, 1.82) is 0 Å². The Balaban J connectivity index is 2.22. The van der Waals surface area contributed by atoms with Crippen molar-refractivity contribution in [1.82, 2.24) is 25.9 Å². The predicted octanol–water partition coefficient (Wildman–Crippen LogP) is -0.627. The van der Waals surface area contributed by atoms with E-state index in [0.29, 0.717) is 12.1 Å². The number of nitrogens with two attached hydrogens (primary N) is 2. The zero-order valence-electron chi connectivity index (χ0n) is 22.1. The number of carbonyl (C=O) groups is 5. The number of nitrogens with one attached hydrogen (secondary N) is 4. The standard InChI is InChI=1S/C26H37N7O6/c1-15(2)10-18(27)23(35)32-20(11-16-6-4-3-5-7-16)25(37)31-19(8-9-22(28)34)24(36)33-21(26(38)39)12-17-13-29-14-30-17/h3-7,13-15,18-21H,8-12,27H2,1-2H3,(H2,28,34)(H,29,30)(H,31,37)(H,32,35)(H,33,36)(H,38,39). The molecule has 1 aromatic heterocycles. The largest absolute Gasteiger partial charge is 0.480 e. The van der Waals surface area contributed by atoms with Crippen molar-refractivity contribution in [3.05, 3.63) is 54.1 Å². The molecule has 0 spiro atoms. The quantitative estimate of drug-likeness (QED) is 0.144. The van der Waals surface area contributed by atoms with Gasteiger partial charge in [0.15, 0.2) is 0 Å². The normalized spacial score (nSPS) is 14.1. The molecule has 0 bridgehead atoms. The summed E-state index contributed by atoms with van der Waals surface area (Å²) >= 11 is 0. The number of aromatic nitrogens is 2. The summed E-state index contributed by atoms with van der Waals surface area (Å²) in [7, 11) is 0. The van der Waals surface area contributed by atoms with Crippen molar-refractivity contribution >= 4 is 29.6 Å². The number of carboxylic acid groups (broad SMARTS) is 1. The van der Waals surface area contributed by atoms with E-state index in [0.717, 1.165) is 5.56 Å². The number of nitrogens with zero attached hydrogens (tertiary/aromatic N) is 1. The number of benzene rings is 1. The topological polar surface area (TPSA) is 222 Å². The Bertz CT molecular complexity index is 1110. The summed E-state index contributed by atoms with van der Waals surface area (Å²) in [6.45, 7) is 3.83. The van der Waals surface area contributed by atoms with Gasteiger partial charge in [-0.05, 0) is 24.3 Å². The Morgan fingerprint density at radius 1 is 0.923 bits per heavy atom. The molecule has 2 aromatic rings. The Morgan fingerprint density at radius 3 is 2.10 bits per heavy atom. The number of rotatable bonds is 16. The van der Waals surface area contributed by atoms with E-state index in [9.17, 15) is 29.1 Å². The predicted molar refractivity (Wildman–Crippen MR) is 142 cm³/mol. The minimum absolute atomic E-state index is 0.0853. The van der Waals surface area contributed by atoms with Crippen LogP contribution in [0.1, 0.15) is 44.4 Å². The fraction of sp³-hybridized carbons (Fsp3) is 0.462. The van der Waals surface area contributed by atoms with Crippen LogP contribution in [0.25, 0.3) is 0 Å². The van der Waals surface area contributed by atoms with Crippen molar-refractivity contribution in [3.8, 4) is 0 Å². The van der Waals surface area contributed by atoms with Gasteiger partial charge in [0.2, 0.25) is 23.6 Å². The third kappa shape index (κ3) is 10.9. The van der Waals surface area contributed by atoms with Gasteiger partial charge in [-0.25, -0.2) is 9.78 Å². The van der Waals surface area contributed by atoms with Gasteiger partial charge in [0.1, 0.15) is 18.1 Å². The summed E-state index contributed by atoms with van der Waals surface area (Å²) in [6.07, 6.45) is 2.80. The molecule has 4 amide bonds. The average molecular weight is 544 g/mol. The van der Waals surface area contributed by atoms with Crippen LogP contribution < -0.4 is 27.4 Å². The lowest BCUT2D eigenvalue weighted by molar-refractivity contribution is -0.142. The average Bonchev–Trinajstić information content (AvgIpc) is 3.38. The van der Waals surface area contributed by atoms with Crippen LogP contribution in [0, 0.1) is 5.92 Å². The number of amides is 4. The minimum atomic E-state index is -1.33. The Morgan fingerprint density at radius 2 is 1.54 bits per heavy atom.